The van der Waals surface area contributed by atoms with Crippen LogP contribution in [0, 0.1) is 0 Å². The molecule has 2 aromatic rings. The van der Waals surface area contributed by atoms with Crippen LogP contribution in [0.25, 0.3) is 0 Å². The molecule has 0 spiro atoms. The summed E-state index contributed by atoms with van der Waals surface area (Å²) >= 11 is 17.5. The standard InChI is InChI=1S/C11H8BrCl2NS/c12-8-2-4-16-11(8)9(13)5-7-1-3-15-6-10(7)14/h1-4,6,9H,5H2. The van der Waals surface area contributed by atoms with E-state index in [1.807, 2.05) is 17.5 Å². The predicted octanol–water partition coefficient (Wildman–Crippen LogP) is 5.08. The average Bonchev–Trinajstić information content (AvgIpc) is 2.68. The van der Waals surface area contributed by atoms with Crippen molar-refractivity contribution < 1.29 is 0 Å². The van der Waals surface area contributed by atoms with Crippen LogP contribution in [-0.4, -0.2) is 4.98 Å². The lowest BCUT2D eigenvalue weighted by Gasteiger charge is -2.09. The fraction of sp³-hybridized carbons (Fsp3) is 0.182. The lowest BCUT2D eigenvalue weighted by Crippen LogP contribution is -1.95. The van der Waals surface area contributed by atoms with Crippen molar-refractivity contribution in [1.82, 2.24) is 4.98 Å². The zero-order valence-electron chi connectivity index (χ0n) is 8.16. The number of hydrogen-bond acceptors (Lipinski definition) is 2. The molecule has 2 rings (SSSR count). The van der Waals surface area contributed by atoms with Gasteiger partial charge in [-0.25, -0.2) is 0 Å². The Balaban J connectivity index is 2.17. The van der Waals surface area contributed by atoms with Gasteiger partial charge in [0.2, 0.25) is 0 Å². The molecule has 1 atom stereocenters. The first-order valence-electron chi connectivity index (χ1n) is 4.64. The van der Waals surface area contributed by atoms with Gasteiger partial charge in [-0.2, -0.15) is 0 Å². The summed E-state index contributed by atoms with van der Waals surface area (Å²) < 4.78 is 1.06. The Bertz CT molecular complexity index is 486. The smallest absolute Gasteiger partial charge is 0.0730 e. The van der Waals surface area contributed by atoms with Gasteiger partial charge < -0.3 is 0 Å². The summed E-state index contributed by atoms with van der Waals surface area (Å²) in [6.07, 6.45) is 4.08. The third-order valence-electron chi connectivity index (χ3n) is 2.18. The van der Waals surface area contributed by atoms with Gasteiger partial charge in [-0.15, -0.1) is 22.9 Å². The van der Waals surface area contributed by atoms with Crippen LogP contribution < -0.4 is 0 Å². The van der Waals surface area contributed by atoms with E-state index in [2.05, 4.69) is 20.9 Å². The Morgan fingerprint density at radius 3 is 2.88 bits per heavy atom. The summed E-state index contributed by atoms with van der Waals surface area (Å²) in [5.41, 5.74) is 1.02. The quantitative estimate of drug-likeness (QED) is 0.712. The van der Waals surface area contributed by atoms with Gasteiger partial charge in [-0.05, 0) is 45.4 Å². The summed E-state index contributed by atoms with van der Waals surface area (Å²) in [5, 5.41) is 2.62. The lowest BCUT2D eigenvalue weighted by atomic mass is 10.1. The SMILES string of the molecule is Clc1cnccc1CC(Cl)c1sccc1Br. The first kappa shape index (κ1) is 12.4. The minimum absolute atomic E-state index is 0.0609. The molecule has 0 saturated heterocycles. The Morgan fingerprint density at radius 2 is 2.25 bits per heavy atom. The molecule has 0 N–H and O–H groups in total. The highest BCUT2D eigenvalue weighted by molar-refractivity contribution is 9.10. The topological polar surface area (TPSA) is 12.9 Å². The number of halogens is 3. The molecule has 0 aliphatic rings. The van der Waals surface area contributed by atoms with E-state index in [1.54, 1.807) is 23.7 Å². The van der Waals surface area contributed by atoms with E-state index in [9.17, 15) is 0 Å². The number of rotatable bonds is 3. The van der Waals surface area contributed by atoms with E-state index in [-0.39, 0.29) is 5.38 Å². The fourth-order valence-corrected chi connectivity index (χ4v) is 3.78. The van der Waals surface area contributed by atoms with Gasteiger partial charge in [0.15, 0.2) is 0 Å². The molecule has 2 heterocycles. The maximum atomic E-state index is 6.36. The van der Waals surface area contributed by atoms with Gasteiger partial charge >= 0.3 is 0 Å². The molecule has 0 fully saturated rings. The normalized spacial score (nSPS) is 12.7. The third-order valence-corrected chi connectivity index (χ3v) is 5.01. The van der Waals surface area contributed by atoms with Crippen molar-refractivity contribution in [2.75, 3.05) is 0 Å². The Hall–Kier alpha value is -0.0900. The Kier molecular flexibility index (Phi) is 4.25. The average molecular weight is 337 g/mol. The molecule has 1 nitrogen and oxygen atoms in total. The minimum atomic E-state index is -0.0609. The van der Waals surface area contributed by atoms with Crippen LogP contribution in [0.15, 0.2) is 34.4 Å². The monoisotopic (exact) mass is 335 g/mol. The third kappa shape index (κ3) is 2.77. The largest absolute Gasteiger partial charge is 0.263 e. The number of pyridine rings is 1. The van der Waals surface area contributed by atoms with Crippen molar-refractivity contribution >= 4 is 50.5 Å². The molecule has 5 heteroatoms. The number of thiophene rings is 1. The highest BCUT2D eigenvalue weighted by Gasteiger charge is 2.15. The van der Waals surface area contributed by atoms with Crippen LogP contribution in [0.1, 0.15) is 15.8 Å². The zero-order chi connectivity index (χ0) is 11.5. The summed E-state index contributed by atoms with van der Waals surface area (Å²) in [5.74, 6) is 0. The molecular weight excluding hydrogens is 329 g/mol. The molecule has 0 saturated carbocycles. The number of nitrogens with zero attached hydrogens (tertiary/aromatic N) is 1. The number of alkyl halides is 1. The molecule has 0 bridgehead atoms. The van der Waals surface area contributed by atoms with Crippen LogP contribution in [0.5, 0.6) is 0 Å². The van der Waals surface area contributed by atoms with Crippen molar-refractivity contribution in [2.24, 2.45) is 0 Å². The fourth-order valence-electron chi connectivity index (χ4n) is 1.38. The van der Waals surface area contributed by atoms with Crippen LogP contribution in [0.4, 0.5) is 0 Å². The van der Waals surface area contributed by atoms with Crippen molar-refractivity contribution in [3.63, 3.8) is 0 Å². The minimum Gasteiger partial charge on any atom is -0.263 e. The maximum absolute atomic E-state index is 6.36. The summed E-state index contributed by atoms with van der Waals surface area (Å²) in [7, 11) is 0. The highest BCUT2D eigenvalue weighted by Crippen LogP contribution is 2.36. The second kappa shape index (κ2) is 5.50. The van der Waals surface area contributed by atoms with Crippen LogP contribution in [0.3, 0.4) is 0 Å². The van der Waals surface area contributed by atoms with Crippen LogP contribution in [-0.2, 0) is 6.42 Å². The molecule has 1 unspecified atom stereocenters. The molecule has 0 aliphatic carbocycles. The van der Waals surface area contributed by atoms with E-state index in [1.165, 1.54) is 0 Å². The van der Waals surface area contributed by atoms with Crippen molar-refractivity contribution in [2.45, 2.75) is 11.8 Å². The van der Waals surface area contributed by atoms with E-state index in [4.69, 9.17) is 23.2 Å². The van der Waals surface area contributed by atoms with Gasteiger partial charge in [-0.1, -0.05) is 11.6 Å². The number of hydrogen-bond donors (Lipinski definition) is 0. The van der Waals surface area contributed by atoms with Gasteiger partial charge in [0.25, 0.3) is 0 Å². The van der Waals surface area contributed by atoms with Crippen molar-refractivity contribution in [1.29, 1.82) is 0 Å². The van der Waals surface area contributed by atoms with Crippen molar-refractivity contribution in [3.05, 3.63) is 49.8 Å². The molecule has 0 aromatic carbocycles. The van der Waals surface area contributed by atoms with E-state index >= 15 is 0 Å². The highest BCUT2D eigenvalue weighted by atomic mass is 79.9. The molecule has 2 aromatic heterocycles. The molecular formula is C11H8BrCl2NS. The maximum Gasteiger partial charge on any atom is 0.0730 e. The molecule has 0 amide bonds. The van der Waals surface area contributed by atoms with Crippen LogP contribution >= 0.6 is 50.5 Å². The van der Waals surface area contributed by atoms with Crippen molar-refractivity contribution in [3.8, 4) is 0 Å². The zero-order valence-corrected chi connectivity index (χ0v) is 12.1. The molecule has 84 valence electrons. The molecule has 0 aliphatic heterocycles. The van der Waals surface area contributed by atoms with Gasteiger partial charge in [-0.3, -0.25) is 4.98 Å². The Labute approximate surface area is 117 Å². The van der Waals surface area contributed by atoms with Gasteiger partial charge in [0, 0.05) is 21.7 Å². The molecule has 0 radical (unpaired) electrons. The van der Waals surface area contributed by atoms with E-state index in [0.29, 0.717) is 11.4 Å². The van der Waals surface area contributed by atoms with E-state index < -0.39 is 0 Å². The number of aromatic nitrogens is 1. The lowest BCUT2D eigenvalue weighted by molar-refractivity contribution is 0.932. The van der Waals surface area contributed by atoms with Gasteiger partial charge in [0.05, 0.1) is 10.4 Å². The summed E-state index contributed by atoms with van der Waals surface area (Å²) in [6.45, 7) is 0. The second-order valence-electron chi connectivity index (χ2n) is 3.27. The first-order chi connectivity index (χ1) is 7.68. The van der Waals surface area contributed by atoms with Gasteiger partial charge in [0.1, 0.15) is 0 Å². The van der Waals surface area contributed by atoms with Crippen LogP contribution in [0.2, 0.25) is 5.02 Å². The summed E-state index contributed by atoms with van der Waals surface area (Å²) in [6, 6.07) is 3.91. The summed E-state index contributed by atoms with van der Waals surface area (Å²) in [4.78, 5) is 5.08. The molecule has 16 heavy (non-hydrogen) atoms. The Morgan fingerprint density at radius 1 is 1.44 bits per heavy atom. The van der Waals surface area contributed by atoms with E-state index in [0.717, 1.165) is 14.9 Å². The second-order valence-corrected chi connectivity index (χ2v) is 6.01. The predicted molar refractivity (Wildman–Crippen MR) is 73.6 cm³/mol. The first-order valence-corrected chi connectivity index (χ1v) is 7.12.